The molecule has 2 saturated heterocycles. The van der Waals surface area contributed by atoms with Gasteiger partial charge in [0.25, 0.3) is 11.5 Å². The lowest BCUT2D eigenvalue weighted by atomic mass is 10.2. The largest absolute Gasteiger partial charge is 0.368 e. The molecule has 2 fully saturated rings. The molecule has 2 aromatic heterocycles. The molecular formula is C27H28FN5O2S2. The van der Waals surface area contributed by atoms with Gasteiger partial charge in [-0.2, -0.15) is 0 Å². The number of halogens is 1. The number of thioether (sulfide) groups is 1. The molecule has 5 rings (SSSR count). The molecule has 0 N–H and O–H groups in total. The molecule has 1 atom stereocenters. The Hall–Kier alpha value is -3.24. The summed E-state index contributed by atoms with van der Waals surface area (Å²) in [6.07, 6.45) is 4.21. The summed E-state index contributed by atoms with van der Waals surface area (Å²) in [7, 11) is 0. The van der Waals surface area contributed by atoms with Crippen LogP contribution in [0.25, 0.3) is 11.7 Å². The zero-order chi connectivity index (χ0) is 26.3. The van der Waals surface area contributed by atoms with E-state index in [0.29, 0.717) is 52.4 Å². The first-order valence-corrected chi connectivity index (χ1v) is 13.5. The summed E-state index contributed by atoms with van der Waals surface area (Å²) in [5, 5.41) is 0. The van der Waals surface area contributed by atoms with Crippen LogP contribution in [0.5, 0.6) is 0 Å². The van der Waals surface area contributed by atoms with Crippen LogP contribution in [0.4, 0.5) is 15.9 Å². The third kappa shape index (κ3) is 4.87. The summed E-state index contributed by atoms with van der Waals surface area (Å²) in [5.41, 5.74) is 2.60. The van der Waals surface area contributed by atoms with Crippen molar-refractivity contribution in [1.82, 2.24) is 14.3 Å². The fourth-order valence-electron chi connectivity index (χ4n) is 4.62. The monoisotopic (exact) mass is 537 g/mol. The van der Waals surface area contributed by atoms with Gasteiger partial charge in [0.05, 0.1) is 10.5 Å². The van der Waals surface area contributed by atoms with Gasteiger partial charge in [-0.15, -0.1) is 0 Å². The Bertz CT molecular complexity index is 1460. The second kappa shape index (κ2) is 10.3. The number of aryl methyl sites for hydroxylation is 1. The van der Waals surface area contributed by atoms with Gasteiger partial charge in [0.15, 0.2) is 0 Å². The maximum atomic E-state index is 13.7. The number of piperazine rings is 1. The third-order valence-corrected chi connectivity index (χ3v) is 8.22. The molecular weight excluding hydrogens is 509 g/mol. The molecule has 7 nitrogen and oxygen atoms in total. The lowest BCUT2D eigenvalue weighted by Gasteiger charge is -2.37. The zero-order valence-corrected chi connectivity index (χ0v) is 22.6. The van der Waals surface area contributed by atoms with Crippen LogP contribution in [0.3, 0.4) is 0 Å². The Morgan fingerprint density at radius 3 is 2.43 bits per heavy atom. The van der Waals surface area contributed by atoms with E-state index in [1.165, 1.54) is 28.3 Å². The molecule has 0 saturated carbocycles. The molecule has 37 heavy (non-hydrogen) atoms. The first-order valence-electron chi connectivity index (χ1n) is 12.3. The summed E-state index contributed by atoms with van der Waals surface area (Å²) in [6.45, 7) is 8.53. The molecule has 0 unspecified atom stereocenters. The number of anilines is 2. The number of aromatic nitrogens is 2. The topological polar surface area (TPSA) is 61.2 Å². The highest BCUT2D eigenvalue weighted by Crippen LogP contribution is 2.35. The maximum absolute atomic E-state index is 13.7. The van der Waals surface area contributed by atoms with Crippen LogP contribution < -0.4 is 15.4 Å². The summed E-state index contributed by atoms with van der Waals surface area (Å²) < 4.78 is 15.4. The predicted octanol–water partition coefficient (Wildman–Crippen LogP) is 4.47. The Kier molecular flexibility index (Phi) is 7.04. The Labute approximate surface area is 224 Å². The van der Waals surface area contributed by atoms with Crippen LogP contribution in [0.1, 0.15) is 31.4 Å². The standard InChI is InChI=1S/C27H28FN5O2S2/c1-4-18(3)33-26(35)22(37-27(33)36)15-21-24(29-23-10-5-17(2)16-32(23)25(21)34)31-13-11-30(12-14-31)20-8-6-19(28)7-9-20/h5-10,15-16,18H,4,11-14H2,1-3H3/b22-15+/t18-/m1/s1. The van der Waals surface area contributed by atoms with Crippen LogP contribution in [0.2, 0.25) is 0 Å². The lowest BCUT2D eigenvalue weighted by Crippen LogP contribution is -2.47. The van der Waals surface area contributed by atoms with Crippen molar-refractivity contribution in [3.8, 4) is 0 Å². The normalized spacial score (nSPS) is 18.4. The number of nitrogens with zero attached hydrogens (tertiary/aromatic N) is 5. The molecule has 3 aromatic rings. The van der Waals surface area contributed by atoms with Crippen LogP contribution in [-0.2, 0) is 4.79 Å². The number of thiocarbonyl (C=S) groups is 1. The number of benzene rings is 1. The number of amides is 1. The second-order valence-corrected chi connectivity index (χ2v) is 11.0. The molecule has 10 heteroatoms. The summed E-state index contributed by atoms with van der Waals surface area (Å²) in [4.78, 5) is 38.2. The molecule has 4 heterocycles. The average molecular weight is 538 g/mol. The minimum absolute atomic E-state index is 0.0177. The van der Waals surface area contributed by atoms with E-state index in [9.17, 15) is 14.0 Å². The Morgan fingerprint density at radius 2 is 1.76 bits per heavy atom. The summed E-state index contributed by atoms with van der Waals surface area (Å²) >= 11 is 6.72. The molecule has 1 aromatic carbocycles. The first kappa shape index (κ1) is 25.4. The van der Waals surface area contributed by atoms with Crippen molar-refractivity contribution in [3.05, 3.63) is 74.8 Å². The number of carbonyl (C=O) groups excluding carboxylic acids is 1. The van der Waals surface area contributed by atoms with E-state index in [1.54, 1.807) is 29.3 Å². The van der Waals surface area contributed by atoms with E-state index >= 15 is 0 Å². The zero-order valence-electron chi connectivity index (χ0n) is 21.0. The summed E-state index contributed by atoms with van der Waals surface area (Å²) in [6, 6.07) is 10.2. The van der Waals surface area contributed by atoms with Crippen LogP contribution in [0.15, 0.2) is 52.3 Å². The number of pyridine rings is 1. The quantitative estimate of drug-likeness (QED) is 0.352. The fourth-order valence-corrected chi connectivity index (χ4v) is 6.06. The third-order valence-electron chi connectivity index (χ3n) is 6.89. The van der Waals surface area contributed by atoms with Gasteiger partial charge in [-0.1, -0.05) is 37.0 Å². The van der Waals surface area contributed by atoms with E-state index in [-0.39, 0.29) is 23.3 Å². The van der Waals surface area contributed by atoms with Crippen LogP contribution >= 0.6 is 24.0 Å². The number of fused-ring (bicyclic) bond motifs is 1. The van der Waals surface area contributed by atoms with Gasteiger partial charge in [-0.3, -0.25) is 18.9 Å². The molecule has 0 spiro atoms. The molecule has 192 valence electrons. The van der Waals surface area contributed by atoms with E-state index in [1.807, 2.05) is 32.9 Å². The van der Waals surface area contributed by atoms with Crippen molar-refractivity contribution in [2.45, 2.75) is 33.2 Å². The van der Waals surface area contributed by atoms with Gasteiger partial charge in [-0.25, -0.2) is 9.37 Å². The van der Waals surface area contributed by atoms with Gasteiger partial charge in [0.1, 0.15) is 21.6 Å². The highest BCUT2D eigenvalue weighted by atomic mass is 32.2. The van der Waals surface area contributed by atoms with Crippen molar-refractivity contribution in [2.75, 3.05) is 36.0 Å². The van der Waals surface area contributed by atoms with E-state index in [2.05, 4.69) is 9.80 Å². The molecule has 2 aliphatic rings. The number of hydrogen-bond acceptors (Lipinski definition) is 7. The van der Waals surface area contributed by atoms with Crippen LogP contribution in [-0.4, -0.2) is 56.7 Å². The van der Waals surface area contributed by atoms with Gasteiger partial charge in [0.2, 0.25) is 0 Å². The highest BCUT2D eigenvalue weighted by molar-refractivity contribution is 8.26. The predicted molar refractivity (Wildman–Crippen MR) is 152 cm³/mol. The van der Waals surface area contributed by atoms with Gasteiger partial charge >= 0.3 is 0 Å². The first-order chi connectivity index (χ1) is 17.8. The van der Waals surface area contributed by atoms with Crippen molar-refractivity contribution >= 4 is 57.4 Å². The Morgan fingerprint density at radius 1 is 1.08 bits per heavy atom. The highest BCUT2D eigenvalue weighted by Gasteiger charge is 2.35. The molecule has 0 bridgehead atoms. The Balaban J connectivity index is 1.53. The maximum Gasteiger partial charge on any atom is 0.267 e. The summed E-state index contributed by atoms with van der Waals surface area (Å²) in [5.74, 6) is 0.119. The van der Waals surface area contributed by atoms with Crippen LogP contribution in [0, 0.1) is 12.7 Å². The van der Waals surface area contributed by atoms with E-state index < -0.39 is 0 Å². The smallest absolute Gasteiger partial charge is 0.267 e. The van der Waals surface area contributed by atoms with Crippen molar-refractivity contribution < 1.29 is 9.18 Å². The van der Waals surface area contributed by atoms with Crippen molar-refractivity contribution in [1.29, 1.82) is 0 Å². The van der Waals surface area contributed by atoms with E-state index in [4.69, 9.17) is 17.2 Å². The fraction of sp³-hybridized carbons (Fsp3) is 0.333. The average Bonchev–Trinajstić information content (AvgIpc) is 3.18. The van der Waals surface area contributed by atoms with Gasteiger partial charge in [-0.05, 0) is 62.2 Å². The second-order valence-electron chi connectivity index (χ2n) is 9.35. The molecule has 1 amide bonds. The van der Waals surface area contributed by atoms with Gasteiger partial charge < -0.3 is 9.80 Å². The number of rotatable bonds is 5. The SMILES string of the molecule is CC[C@@H](C)N1C(=O)/C(=C\c2c(N3CCN(c4ccc(F)cc4)CC3)nc3ccc(C)cn3c2=O)SC1=S. The minimum Gasteiger partial charge on any atom is -0.368 e. The van der Waals surface area contributed by atoms with E-state index in [0.717, 1.165) is 17.7 Å². The lowest BCUT2D eigenvalue weighted by molar-refractivity contribution is -0.123. The van der Waals surface area contributed by atoms with Crippen molar-refractivity contribution in [3.63, 3.8) is 0 Å². The molecule has 0 aliphatic carbocycles. The molecule has 0 radical (unpaired) electrons. The number of carbonyl (C=O) groups is 1. The minimum atomic E-state index is -0.262. The molecule has 2 aliphatic heterocycles. The van der Waals surface area contributed by atoms with Crippen molar-refractivity contribution in [2.24, 2.45) is 0 Å². The number of hydrogen-bond donors (Lipinski definition) is 0. The van der Waals surface area contributed by atoms with Gasteiger partial charge in [0, 0.05) is 44.1 Å².